The maximum absolute atomic E-state index is 4.46. The summed E-state index contributed by atoms with van der Waals surface area (Å²) in [5.74, 6) is 0. The Labute approximate surface area is 81.4 Å². The summed E-state index contributed by atoms with van der Waals surface area (Å²) in [4.78, 5) is 5.58. The molecule has 1 nitrogen and oxygen atoms in total. The third-order valence-corrected chi connectivity index (χ3v) is 2.09. The van der Waals surface area contributed by atoms with E-state index in [1.165, 1.54) is 0 Å². The Morgan fingerprint density at radius 3 is 2.17 bits per heavy atom. The molecule has 70 valence electrons. The molecular formula is C10H19NS. The molecule has 0 radical (unpaired) electrons. The van der Waals surface area contributed by atoms with Gasteiger partial charge >= 0.3 is 0 Å². The van der Waals surface area contributed by atoms with E-state index in [9.17, 15) is 0 Å². The minimum atomic E-state index is 0.981. The van der Waals surface area contributed by atoms with Gasteiger partial charge in [0.05, 0.1) is 0 Å². The van der Waals surface area contributed by atoms with Gasteiger partial charge in [0.1, 0.15) is 0 Å². The quantitative estimate of drug-likeness (QED) is 0.505. The summed E-state index contributed by atoms with van der Waals surface area (Å²) in [5.41, 5.74) is 2.27. The molecular weight excluding hydrogens is 166 g/mol. The van der Waals surface area contributed by atoms with Gasteiger partial charge in [-0.15, -0.1) is 12.6 Å². The van der Waals surface area contributed by atoms with E-state index in [1.807, 2.05) is 13.8 Å². The van der Waals surface area contributed by atoms with Crippen LogP contribution in [0, 0.1) is 0 Å². The predicted octanol–water partition coefficient (Wildman–Crippen LogP) is 3.82. The smallest absolute Gasteiger partial charge is 0.0494 e. The lowest BCUT2D eigenvalue weighted by molar-refractivity contribution is 0.879. The number of aliphatic imine (C=N–C) groups is 1. The Morgan fingerprint density at radius 2 is 1.83 bits per heavy atom. The first kappa shape index (κ1) is 11.8. The lowest BCUT2D eigenvalue weighted by Gasteiger charge is -2.04. The molecule has 0 aliphatic rings. The Balaban J connectivity index is 4.54. The monoisotopic (exact) mass is 185 g/mol. The summed E-state index contributed by atoms with van der Waals surface area (Å²) in [5, 5.41) is 0. The molecule has 0 fully saturated rings. The molecule has 0 bridgehead atoms. The highest BCUT2D eigenvalue weighted by Crippen LogP contribution is 2.18. The predicted molar refractivity (Wildman–Crippen MR) is 60.0 cm³/mol. The van der Waals surface area contributed by atoms with Crippen LogP contribution in [0.3, 0.4) is 0 Å². The van der Waals surface area contributed by atoms with E-state index < -0.39 is 0 Å². The normalized spacial score (nSPS) is 12.4. The highest BCUT2D eigenvalue weighted by molar-refractivity contribution is 7.84. The Hall–Kier alpha value is -0.240. The molecule has 2 heteroatoms. The molecule has 0 aromatic rings. The van der Waals surface area contributed by atoms with Crippen LogP contribution in [0.5, 0.6) is 0 Å². The van der Waals surface area contributed by atoms with Gasteiger partial charge < -0.3 is 0 Å². The van der Waals surface area contributed by atoms with Crippen molar-refractivity contribution in [2.45, 2.75) is 47.0 Å². The second kappa shape index (κ2) is 6.30. The van der Waals surface area contributed by atoms with Crippen LogP contribution in [0.15, 0.2) is 15.6 Å². The van der Waals surface area contributed by atoms with Crippen LogP contribution in [-0.2, 0) is 0 Å². The zero-order chi connectivity index (χ0) is 9.56. The van der Waals surface area contributed by atoms with Crippen molar-refractivity contribution < 1.29 is 0 Å². The van der Waals surface area contributed by atoms with Gasteiger partial charge in [-0.2, -0.15) is 0 Å². The van der Waals surface area contributed by atoms with Gasteiger partial charge in [0.15, 0.2) is 0 Å². The van der Waals surface area contributed by atoms with Crippen molar-refractivity contribution in [3.05, 3.63) is 10.6 Å². The molecule has 0 atom stereocenters. The number of hydrogen-bond donors (Lipinski definition) is 1. The number of rotatable bonds is 4. The first-order chi connectivity index (χ1) is 5.61. The Morgan fingerprint density at radius 1 is 1.25 bits per heavy atom. The van der Waals surface area contributed by atoms with Gasteiger partial charge in [0.25, 0.3) is 0 Å². The van der Waals surface area contributed by atoms with E-state index in [4.69, 9.17) is 0 Å². The summed E-state index contributed by atoms with van der Waals surface area (Å²) in [6, 6.07) is 0. The molecule has 0 amide bonds. The molecule has 0 saturated carbocycles. The van der Waals surface area contributed by atoms with Crippen molar-refractivity contribution in [3.8, 4) is 0 Å². The second-order valence-corrected chi connectivity index (χ2v) is 3.60. The first-order valence-corrected chi connectivity index (χ1v) is 4.99. The number of hydrogen-bond acceptors (Lipinski definition) is 2. The van der Waals surface area contributed by atoms with E-state index in [-0.39, 0.29) is 0 Å². The van der Waals surface area contributed by atoms with Gasteiger partial charge in [0.2, 0.25) is 0 Å². The summed E-state index contributed by atoms with van der Waals surface area (Å²) < 4.78 is 0. The minimum absolute atomic E-state index is 0.981. The van der Waals surface area contributed by atoms with Gasteiger partial charge in [-0.05, 0) is 26.7 Å². The Bertz CT molecular complexity index is 188. The lowest BCUT2D eigenvalue weighted by Crippen LogP contribution is -1.88. The molecule has 12 heavy (non-hydrogen) atoms. The fraction of sp³-hybridized carbons (Fsp3) is 0.700. The van der Waals surface area contributed by atoms with E-state index >= 15 is 0 Å². The molecule has 0 aromatic heterocycles. The SMILES string of the molecule is CCC/C(N=C(C)C)=C(/S)CC. The summed E-state index contributed by atoms with van der Waals surface area (Å²) in [6.45, 7) is 8.31. The van der Waals surface area contributed by atoms with Crippen LogP contribution in [0.25, 0.3) is 0 Å². The minimum Gasteiger partial charge on any atom is -0.262 e. The molecule has 0 aromatic carbocycles. The van der Waals surface area contributed by atoms with Gasteiger partial charge in [0, 0.05) is 16.3 Å². The largest absolute Gasteiger partial charge is 0.262 e. The number of allylic oxidation sites excluding steroid dienone is 2. The fourth-order valence-electron chi connectivity index (χ4n) is 0.975. The fourth-order valence-corrected chi connectivity index (χ4v) is 1.14. The molecule has 0 aliphatic carbocycles. The molecule has 0 aliphatic heterocycles. The highest BCUT2D eigenvalue weighted by atomic mass is 32.1. The third kappa shape index (κ3) is 4.60. The van der Waals surface area contributed by atoms with E-state index in [1.54, 1.807) is 0 Å². The third-order valence-electron chi connectivity index (χ3n) is 1.51. The van der Waals surface area contributed by atoms with Crippen LogP contribution < -0.4 is 0 Å². The molecule has 0 N–H and O–H groups in total. The van der Waals surface area contributed by atoms with Gasteiger partial charge in [-0.3, -0.25) is 4.99 Å². The average Bonchev–Trinajstić information content (AvgIpc) is 2.01. The van der Waals surface area contributed by atoms with Crippen molar-refractivity contribution in [3.63, 3.8) is 0 Å². The summed E-state index contributed by atoms with van der Waals surface area (Å²) in [7, 11) is 0. The zero-order valence-corrected chi connectivity index (χ0v) is 9.41. The molecule has 0 saturated heterocycles. The highest BCUT2D eigenvalue weighted by Gasteiger charge is 1.98. The maximum atomic E-state index is 4.46. The van der Waals surface area contributed by atoms with Crippen molar-refractivity contribution in [2.24, 2.45) is 4.99 Å². The van der Waals surface area contributed by atoms with Crippen molar-refractivity contribution >= 4 is 18.3 Å². The molecule has 0 heterocycles. The maximum Gasteiger partial charge on any atom is 0.0494 e. The second-order valence-electron chi connectivity index (χ2n) is 3.06. The van der Waals surface area contributed by atoms with Crippen molar-refractivity contribution in [1.29, 1.82) is 0 Å². The Kier molecular flexibility index (Phi) is 6.17. The topological polar surface area (TPSA) is 12.4 Å². The molecule has 0 spiro atoms. The standard InChI is InChI=1S/C10H19NS/c1-5-7-9(10(12)6-2)11-8(3)4/h12H,5-7H2,1-4H3/b10-9-. The number of thiol groups is 1. The summed E-state index contributed by atoms with van der Waals surface area (Å²) >= 11 is 4.41. The van der Waals surface area contributed by atoms with Crippen LogP contribution >= 0.6 is 12.6 Å². The van der Waals surface area contributed by atoms with Crippen LogP contribution in [0.4, 0.5) is 0 Å². The average molecular weight is 185 g/mol. The first-order valence-electron chi connectivity index (χ1n) is 4.54. The van der Waals surface area contributed by atoms with Gasteiger partial charge in [-0.1, -0.05) is 20.3 Å². The van der Waals surface area contributed by atoms with Crippen LogP contribution in [-0.4, -0.2) is 5.71 Å². The van der Waals surface area contributed by atoms with Crippen LogP contribution in [0.1, 0.15) is 47.0 Å². The molecule has 0 unspecified atom stereocenters. The van der Waals surface area contributed by atoms with Gasteiger partial charge in [-0.25, -0.2) is 0 Å². The van der Waals surface area contributed by atoms with E-state index in [0.29, 0.717) is 0 Å². The number of nitrogens with zero attached hydrogens (tertiary/aromatic N) is 1. The van der Waals surface area contributed by atoms with E-state index in [2.05, 4.69) is 31.5 Å². The van der Waals surface area contributed by atoms with Crippen molar-refractivity contribution in [2.75, 3.05) is 0 Å². The zero-order valence-electron chi connectivity index (χ0n) is 8.52. The molecule has 0 rings (SSSR count). The van der Waals surface area contributed by atoms with E-state index in [0.717, 1.165) is 35.6 Å². The lowest BCUT2D eigenvalue weighted by atomic mass is 10.2. The van der Waals surface area contributed by atoms with Crippen LogP contribution in [0.2, 0.25) is 0 Å². The van der Waals surface area contributed by atoms with Crippen molar-refractivity contribution in [1.82, 2.24) is 0 Å². The summed E-state index contributed by atoms with van der Waals surface area (Å²) in [6.07, 6.45) is 3.16.